The highest BCUT2D eigenvalue weighted by Crippen LogP contribution is 2.32. The fourth-order valence-electron chi connectivity index (χ4n) is 3.08. The van der Waals surface area contributed by atoms with Gasteiger partial charge >= 0.3 is 0 Å². The number of ether oxygens (including phenoxy) is 2. The molecule has 0 bridgehead atoms. The molecule has 1 N–H and O–H groups in total. The number of carbonyl (C=O) groups is 2. The van der Waals surface area contributed by atoms with E-state index in [0.29, 0.717) is 13.1 Å². The molecule has 1 fully saturated rings. The fraction of sp³-hybridized carbons (Fsp3) is 0.263. The summed E-state index contributed by atoms with van der Waals surface area (Å²) in [5, 5.41) is 2.52. The van der Waals surface area contributed by atoms with Crippen LogP contribution in [0.15, 0.2) is 30.3 Å². The van der Waals surface area contributed by atoms with Crippen molar-refractivity contribution >= 4 is 29.1 Å². The zero-order valence-corrected chi connectivity index (χ0v) is 15.3. The average molecular weight is 409 g/mol. The first-order valence-electron chi connectivity index (χ1n) is 8.54. The van der Waals surface area contributed by atoms with Crippen LogP contribution in [0, 0.1) is 17.6 Å². The Bertz CT molecular complexity index is 963. The molecule has 0 unspecified atom stereocenters. The smallest absolute Gasteiger partial charge is 0.262 e. The number of carbonyl (C=O) groups excluding carboxylic acids is 2. The molecule has 2 amide bonds. The molecule has 4 rings (SSSR count). The molecule has 0 aliphatic carbocycles. The first kappa shape index (κ1) is 18.5. The number of hydrogen-bond donors (Lipinski definition) is 1. The number of hydrogen-bond acceptors (Lipinski definition) is 4. The molecule has 0 spiro atoms. The Morgan fingerprint density at radius 2 is 2.11 bits per heavy atom. The molecule has 6 nitrogen and oxygen atoms in total. The van der Waals surface area contributed by atoms with E-state index in [1.807, 2.05) is 0 Å². The minimum absolute atomic E-state index is 0.00828. The zero-order chi connectivity index (χ0) is 19.8. The van der Waals surface area contributed by atoms with Crippen molar-refractivity contribution in [2.45, 2.75) is 0 Å². The van der Waals surface area contributed by atoms with E-state index in [1.54, 1.807) is 6.07 Å². The summed E-state index contributed by atoms with van der Waals surface area (Å²) in [6, 6.07) is 6.84. The maximum atomic E-state index is 14.3. The topological polar surface area (TPSA) is 67.9 Å². The third-order valence-electron chi connectivity index (χ3n) is 4.57. The van der Waals surface area contributed by atoms with Crippen LogP contribution in [0.4, 0.5) is 14.5 Å². The number of nitrogens with zero attached hydrogens (tertiary/aromatic N) is 1. The molecule has 0 radical (unpaired) electrons. The quantitative estimate of drug-likeness (QED) is 0.844. The Morgan fingerprint density at radius 3 is 2.89 bits per heavy atom. The van der Waals surface area contributed by atoms with Crippen molar-refractivity contribution in [3.8, 4) is 11.5 Å². The molecule has 2 aromatic carbocycles. The van der Waals surface area contributed by atoms with Gasteiger partial charge in [-0.05, 0) is 18.2 Å². The molecule has 1 saturated heterocycles. The number of amides is 2. The van der Waals surface area contributed by atoms with Crippen LogP contribution in [-0.4, -0.2) is 43.0 Å². The maximum absolute atomic E-state index is 14.3. The van der Waals surface area contributed by atoms with Gasteiger partial charge in [0, 0.05) is 25.1 Å². The van der Waals surface area contributed by atoms with Crippen molar-refractivity contribution in [3.63, 3.8) is 0 Å². The summed E-state index contributed by atoms with van der Waals surface area (Å²) in [5.41, 5.74) is 0.114. The Labute approximate surface area is 164 Å². The van der Waals surface area contributed by atoms with E-state index in [-0.39, 0.29) is 52.8 Å². The lowest BCUT2D eigenvalue weighted by Crippen LogP contribution is -2.52. The third-order valence-corrected chi connectivity index (χ3v) is 4.86. The highest BCUT2D eigenvalue weighted by atomic mass is 35.5. The second kappa shape index (κ2) is 7.27. The van der Waals surface area contributed by atoms with Crippen LogP contribution < -0.4 is 14.8 Å². The molecule has 2 heterocycles. The lowest BCUT2D eigenvalue weighted by Gasteiger charge is -2.39. The molecular weight excluding hydrogens is 394 g/mol. The number of likely N-dealkylation sites (tertiary alicyclic amines) is 1. The van der Waals surface area contributed by atoms with E-state index >= 15 is 0 Å². The molecule has 28 heavy (non-hydrogen) atoms. The molecule has 0 aromatic heterocycles. The van der Waals surface area contributed by atoms with Crippen LogP contribution in [-0.2, 0) is 4.79 Å². The van der Waals surface area contributed by atoms with E-state index in [9.17, 15) is 18.4 Å². The standard InChI is InChI=1S/C19H15ClF2N2O4/c20-12-2-1-3-15(18(12)22)27-8-10-6-24(7-10)19(26)11-4-14-16(5-13(11)21)28-9-17(25)23-14/h1-5,10H,6-9H2,(H,23,25). The van der Waals surface area contributed by atoms with Crippen LogP contribution in [0.1, 0.15) is 10.4 Å². The van der Waals surface area contributed by atoms with Gasteiger partial charge in [-0.25, -0.2) is 8.78 Å². The predicted octanol–water partition coefficient (Wildman–Crippen LogP) is 3.10. The molecule has 0 atom stereocenters. The average Bonchev–Trinajstić information content (AvgIpc) is 2.63. The third kappa shape index (κ3) is 3.47. The zero-order valence-electron chi connectivity index (χ0n) is 14.5. The van der Waals surface area contributed by atoms with E-state index in [0.717, 1.165) is 6.07 Å². The number of nitrogens with one attached hydrogen (secondary N) is 1. The van der Waals surface area contributed by atoms with Crippen molar-refractivity contribution < 1.29 is 27.8 Å². The Morgan fingerprint density at radius 1 is 1.32 bits per heavy atom. The number of anilines is 1. The van der Waals surface area contributed by atoms with E-state index < -0.39 is 17.5 Å². The molecule has 146 valence electrons. The number of fused-ring (bicyclic) bond motifs is 1. The Kier molecular flexibility index (Phi) is 4.80. The Hall–Kier alpha value is -2.87. The van der Waals surface area contributed by atoms with Gasteiger partial charge in [0.1, 0.15) is 11.6 Å². The first-order valence-corrected chi connectivity index (χ1v) is 8.92. The van der Waals surface area contributed by atoms with Gasteiger partial charge in [0.2, 0.25) is 0 Å². The second-order valence-corrected chi connectivity index (χ2v) is 7.01. The molecule has 9 heteroatoms. The minimum Gasteiger partial charge on any atom is -0.490 e. The molecule has 0 saturated carbocycles. The van der Waals surface area contributed by atoms with Crippen LogP contribution in [0.3, 0.4) is 0 Å². The van der Waals surface area contributed by atoms with Crippen molar-refractivity contribution in [2.24, 2.45) is 5.92 Å². The summed E-state index contributed by atoms with van der Waals surface area (Å²) in [5.74, 6) is -1.98. The van der Waals surface area contributed by atoms with Gasteiger partial charge in [-0.2, -0.15) is 0 Å². The predicted molar refractivity (Wildman–Crippen MR) is 96.8 cm³/mol. The number of halogens is 3. The van der Waals surface area contributed by atoms with Gasteiger partial charge in [0.25, 0.3) is 11.8 Å². The molecule has 2 aliphatic heterocycles. The van der Waals surface area contributed by atoms with E-state index in [1.165, 1.54) is 23.1 Å². The molecule has 2 aliphatic rings. The summed E-state index contributed by atoms with van der Waals surface area (Å²) >= 11 is 5.71. The van der Waals surface area contributed by atoms with Crippen molar-refractivity contribution in [3.05, 3.63) is 52.6 Å². The summed E-state index contributed by atoms with van der Waals surface area (Å²) in [6.45, 7) is 0.708. The number of benzene rings is 2. The summed E-state index contributed by atoms with van der Waals surface area (Å²) in [6.07, 6.45) is 0. The highest BCUT2D eigenvalue weighted by molar-refractivity contribution is 6.30. The van der Waals surface area contributed by atoms with E-state index in [4.69, 9.17) is 21.1 Å². The second-order valence-electron chi connectivity index (χ2n) is 6.60. The normalized spacial score (nSPS) is 16.0. The van der Waals surface area contributed by atoms with Gasteiger partial charge in [-0.3, -0.25) is 9.59 Å². The molecule has 2 aromatic rings. The van der Waals surface area contributed by atoms with Gasteiger partial charge in [0.05, 0.1) is 22.9 Å². The van der Waals surface area contributed by atoms with Crippen LogP contribution in [0.5, 0.6) is 11.5 Å². The Balaban J connectivity index is 1.37. The summed E-state index contributed by atoms with van der Waals surface area (Å²) in [7, 11) is 0. The van der Waals surface area contributed by atoms with Gasteiger partial charge in [-0.15, -0.1) is 0 Å². The summed E-state index contributed by atoms with van der Waals surface area (Å²) in [4.78, 5) is 25.4. The minimum atomic E-state index is -0.722. The molecular formula is C19H15ClF2N2O4. The van der Waals surface area contributed by atoms with Gasteiger partial charge in [0.15, 0.2) is 18.2 Å². The van der Waals surface area contributed by atoms with Crippen molar-refractivity contribution in [2.75, 3.05) is 31.6 Å². The van der Waals surface area contributed by atoms with Crippen LogP contribution >= 0.6 is 11.6 Å². The maximum Gasteiger partial charge on any atom is 0.262 e. The lowest BCUT2D eigenvalue weighted by atomic mass is 9.99. The van der Waals surface area contributed by atoms with Crippen LogP contribution in [0.2, 0.25) is 5.02 Å². The fourth-order valence-corrected chi connectivity index (χ4v) is 3.25. The SMILES string of the molecule is O=C1COc2cc(F)c(C(=O)N3CC(COc4cccc(Cl)c4F)C3)cc2N1. The van der Waals surface area contributed by atoms with Gasteiger partial charge < -0.3 is 19.7 Å². The van der Waals surface area contributed by atoms with Crippen molar-refractivity contribution in [1.29, 1.82) is 0 Å². The monoisotopic (exact) mass is 408 g/mol. The number of rotatable bonds is 4. The highest BCUT2D eigenvalue weighted by Gasteiger charge is 2.34. The van der Waals surface area contributed by atoms with Crippen molar-refractivity contribution in [1.82, 2.24) is 4.90 Å². The van der Waals surface area contributed by atoms with Gasteiger partial charge in [-0.1, -0.05) is 17.7 Å². The lowest BCUT2D eigenvalue weighted by molar-refractivity contribution is -0.118. The van der Waals surface area contributed by atoms with E-state index in [2.05, 4.69) is 5.32 Å². The first-order chi connectivity index (χ1) is 13.4. The summed E-state index contributed by atoms with van der Waals surface area (Å²) < 4.78 is 38.6. The van der Waals surface area contributed by atoms with Crippen LogP contribution in [0.25, 0.3) is 0 Å². The largest absolute Gasteiger partial charge is 0.490 e.